The summed E-state index contributed by atoms with van der Waals surface area (Å²) in [5, 5.41) is 9.00. The third kappa shape index (κ3) is 4.05. The second-order valence-electron chi connectivity index (χ2n) is 5.36. The molecule has 0 bridgehead atoms. The molecule has 1 aromatic rings. The van der Waals surface area contributed by atoms with Crippen LogP contribution >= 0.6 is 0 Å². The average Bonchev–Trinajstić information content (AvgIpc) is 3.03. The molecule has 0 aromatic heterocycles. The molecule has 1 fully saturated rings. The van der Waals surface area contributed by atoms with E-state index in [0.717, 1.165) is 18.5 Å². The molecule has 0 aliphatic heterocycles. The number of carbonyl (C=O) groups excluding carboxylic acids is 1. The largest absolute Gasteiger partial charge is 0.365 e. The van der Waals surface area contributed by atoms with Gasteiger partial charge in [-0.05, 0) is 31.4 Å². The van der Waals surface area contributed by atoms with Gasteiger partial charge in [-0.15, -0.1) is 0 Å². The summed E-state index contributed by atoms with van der Waals surface area (Å²) in [6.07, 6.45) is 4.79. The third-order valence-corrected chi connectivity index (χ3v) is 3.87. The van der Waals surface area contributed by atoms with Crippen molar-refractivity contribution in [2.45, 2.75) is 51.2 Å². The first-order chi connectivity index (χ1) is 10.3. The minimum atomic E-state index is -0.457. The highest BCUT2D eigenvalue weighted by Gasteiger charge is 2.28. The first-order valence-electron chi connectivity index (χ1n) is 7.65. The molecule has 1 aromatic carbocycles. The molecule has 1 aliphatic carbocycles. The zero-order valence-electron chi connectivity index (χ0n) is 12.5. The Morgan fingerprint density at radius 2 is 2.05 bits per heavy atom. The number of hydrogen-bond donors (Lipinski definition) is 0. The Balaban J connectivity index is 2.10. The summed E-state index contributed by atoms with van der Waals surface area (Å²) in [5.41, 5.74) is 0.748. The van der Waals surface area contributed by atoms with Crippen molar-refractivity contribution in [3.8, 4) is 6.07 Å². The molecule has 2 rings (SSSR count). The smallest absolute Gasteiger partial charge is 0.257 e. The monoisotopic (exact) mass is 286 g/mol. The number of anilines is 1. The van der Waals surface area contributed by atoms with Crippen molar-refractivity contribution >= 4 is 11.6 Å². The van der Waals surface area contributed by atoms with Gasteiger partial charge in [0.25, 0.3) is 5.91 Å². The fourth-order valence-electron chi connectivity index (χ4n) is 2.73. The Hall–Kier alpha value is -1.86. The molecule has 1 amide bonds. The van der Waals surface area contributed by atoms with Crippen LogP contribution in [0.3, 0.4) is 0 Å². The molecule has 0 saturated heterocycles. The Labute approximate surface area is 126 Å². The standard InChI is InChI=1S/C17H22N2O2/c1-2-16(21-15-10-6-7-11-15)17(20)19(13-12-18)14-8-4-3-5-9-14/h3-5,8-9,15-16H,2,6-7,10-11,13H2,1H3/t16-/m0/s1. The highest BCUT2D eigenvalue weighted by atomic mass is 16.5. The average molecular weight is 286 g/mol. The van der Waals surface area contributed by atoms with Crippen LogP contribution in [0.25, 0.3) is 0 Å². The minimum absolute atomic E-state index is 0.0490. The van der Waals surface area contributed by atoms with Gasteiger partial charge >= 0.3 is 0 Å². The predicted octanol–water partition coefficient (Wildman–Crippen LogP) is 3.28. The number of para-hydroxylation sites is 1. The zero-order chi connectivity index (χ0) is 15.1. The van der Waals surface area contributed by atoms with E-state index >= 15 is 0 Å². The molecular weight excluding hydrogens is 264 g/mol. The van der Waals surface area contributed by atoms with Crippen LogP contribution in [0, 0.1) is 11.3 Å². The second kappa shape index (κ2) is 7.80. The zero-order valence-corrected chi connectivity index (χ0v) is 12.5. The van der Waals surface area contributed by atoms with Gasteiger partial charge in [0, 0.05) is 5.69 Å². The van der Waals surface area contributed by atoms with Gasteiger partial charge in [0.05, 0.1) is 12.2 Å². The Kier molecular flexibility index (Phi) is 5.77. The lowest BCUT2D eigenvalue weighted by Gasteiger charge is -2.27. The fraction of sp³-hybridized carbons (Fsp3) is 0.529. The molecule has 0 heterocycles. The van der Waals surface area contributed by atoms with Crippen molar-refractivity contribution < 1.29 is 9.53 Å². The topological polar surface area (TPSA) is 53.3 Å². The van der Waals surface area contributed by atoms with Gasteiger partial charge in [-0.25, -0.2) is 0 Å². The highest BCUT2D eigenvalue weighted by Crippen LogP contribution is 2.24. The van der Waals surface area contributed by atoms with E-state index in [0.29, 0.717) is 6.42 Å². The summed E-state index contributed by atoms with van der Waals surface area (Å²) < 4.78 is 5.97. The Morgan fingerprint density at radius 3 is 2.62 bits per heavy atom. The van der Waals surface area contributed by atoms with Gasteiger partial charge < -0.3 is 4.74 Å². The van der Waals surface area contributed by atoms with Crippen molar-refractivity contribution in [2.75, 3.05) is 11.4 Å². The maximum absolute atomic E-state index is 12.7. The number of rotatable bonds is 6. The van der Waals surface area contributed by atoms with Gasteiger partial charge in [-0.1, -0.05) is 38.0 Å². The van der Waals surface area contributed by atoms with E-state index < -0.39 is 6.10 Å². The molecule has 0 radical (unpaired) electrons. The van der Waals surface area contributed by atoms with Crippen LogP contribution in [0.1, 0.15) is 39.0 Å². The van der Waals surface area contributed by atoms with E-state index in [2.05, 4.69) is 6.07 Å². The molecule has 4 heteroatoms. The van der Waals surface area contributed by atoms with Crippen LogP contribution in [-0.4, -0.2) is 24.7 Å². The summed E-state index contributed by atoms with van der Waals surface area (Å²) >= 11 is 0. The number of nitrogens with zero attached hydrogens (tertiary/aromatic N) is 2. The van der Waals surface area contributed by atoms with Gasteiger partial charge in [0.15, 0.2) is 0 Å². The van der Waals surface area contributed by atoms with Crippen LogP contribution in [0.15, 0.2) is 30.3 Å². The highest BCUT2D eigenvalue weighted by molar-refractivity contribution is 5.96. The van der Waals surface area contributed by atoms with Crippen molar-refractivity contribution in [2.24, 2.45) is 0 Å². The molecule has 0 spiro atoms. The summed E-state index contributed by atoms with van der Waals surface area (Å²) in [5.74, 6) is -0.114. The first-order valence-corrected chi connectivity index (χ1v) is 7.65. The van der Waals surface area contributed by atoms with E-state index in [4.69, 9.17) is 10.00 Å². The quantitative estimate of drug-likeness (QED) is 0.754. The molecule has 0 unspecified atom stereocenters. The second-order valence-corrected chi connectivity index (χ2v) is 5.36. The third-order valence-electron chi connectivity index (χ3n) is 3.87. The molecule has 21 heavy (non-hydrogen) atoms. The lowest BCUT2D eigenvalue weighted by Crippen LogP contribution is -2.42. The number of ether oxygens (including phenoxy) is 1. The van der Waals surface area contributed by atoms with E-state index in [1.807, 2.05) is 37.3 Å². The minimum Gasteiger partial charge on any atom is -0.365 e. The van der Waals surface area contributed by atoms with E-state index in [9.17, 15) is 4.79 Å². The van der Waals surface area contributed by atoms with E-state index in [-0.39, 0.29) is 18.6 Å². The van der Waals surface area contributed by atoms with Crippen LogP contribution in [0.2, 0.25) is 0 Å². The molecule has 1 atom stereocenters. The fourth-order valence-corrected chi connectivity index (χ4v) is 2.73. The van der Waals surface area contributed by atoms with Crippen LogP contribution in [0.5, 0.6) is 0 Å². The molecule has 4 nitrogen and oxygen atoms in total. The van der Waals surface area contributed by atoms with Gasteiger partial charge in [-0.2, -0.15) is 5.26 Å². The Morgan fingerprint density at radius 1 is 1.38 bits per heavy atom. The lowest BCUT2D eigenvalue weighted by molar-refractivity contribution is -0.133. The normalized spacial score (nSPS) is 16.4. The van der Waals surface area contributed by atoms with Gasteiger partial charge in [0.1, 0.15) is 12.6 Å². The van der Waals surface area contributed by atoms with Crippen LogP contribution < -0.4 is 4.90 Å². The summed E-state index contributed by atoms with van der Waals surface area (Å²) in [6, 6.07) is 11.4. The Bertz CT molecular complexity index is 489. The molecule has 0 N–H and O–H groups in total. The molecule has 112 valence electrons. The van der Waals surface area contributed by atoms with Crippen molar-refractivity contribution in [3.63, 3.8) is 0 Å². The van der Waals surface area contributed by atoms with Crippen LogP contribution in [0.4, 0.5) is 5.69 Å². The maximum atomic E-state index is 12.7. The van der Waals surface area contributed by atoms with Crippen molar-refractivity contribution in [1.29, 1.82) is 5.26 Å². The summed E-state index contributed by atoms with van der Waals surface area (Å²) in [7, 11) is 0. The predicted molar refractivity (Wildman–Crippen MR) is 81.8 cm³/mol. The first kappa shape index (κ1) is 15.5. The summed E-state index contributed by atoms with van der Waals surface area (Å²) in [6.45, 7) is 2.00. The SMILES string of the molecule is CC[C@H](OC1CCCC1)C(=O)N(CC#N)c1ccccc1. The molecule has 1 saturated carbocycles. The lowest BCUT2D eigenvalue weighted by atomic mass is 10.2. The van der Waals surface area contributed by atoms with Crippen molar-refractivity contribution in [3.05, 3.63) is 30.3 Å². The maximum Gasteiger partial charge on any atom is 0.257 e. The van der Waals surface area contributed by atoms with E-state index in [1.54, 1.807) is 0 Å². The molecular formula is C17H22N2O2. The number of amides is 1. The van der Waals surface area contributed by atoms with Gasteiger partial charge in [-0.3, -0.25) is 9.69 Å². The van der Waals surface area contributed by atoms with Gasteiger partial charge in [0.2, 0.25) is 0 Å². The van der Waals surface area contributed by atoms with Crippen LogP contribution in [-0.2, 0) is 9.53 Å². The van der Waals surface area contributed by atoms with E-state index in [1.165, 1.54) is 17.7 Å². The number of benzene rings is 1. The number of hydrogen-bond acceptors (Lipinski definition) is 3. The summed E-state index contributed by atoms with van der Waals surface area (Å²) in [4.78, 5) is 14.2. The number of nitriles is 1. The number of carbonyl (C=O) groups is 1. The molecule has 1 aliphatic rings. The van der Waals surface area contributed by atoms with Crippen molar-refractivity contribution in [1.82, 2.24) is 0 Å².